The van der Waals surface area contributed by atoms with E-state index in [2.05, 4.69) is 51.7 Å². The molecule has 0 amide bonds. The second-order valence-electron chi connectivity index (χ2n) is 5.17. The minimum atomic E-state index is 1.05. The highest BCUT2D eigenvalue weighted by Crippen LogP contribution is 2.15. The van der Waals surface area contributed by atoms with Crippen LogP contribution >= 0.6 is 0 Å². The fourth-order valence-electron chi connectivity index (χ4n) is 2.12. The van der Waals surface area contributed by atoms with Crippen LogP contribution in [0.4, 0.5) is 0 Å². The van der Waals surface area contributed by atoms with Gasteiger partial charge in [-0.15, -0.1) is 6.58 Å². The van der Waals surface area contributed by atoms with E-state index in [1.165, 1.54) is 43.3 Å². The molecule has 0 aromatic heterocycles. The molecule has 0 atom stereocenters. The lowest BCUT2D eigenvalue weighted by Crippen LogP contribution is -1.85. The van der Waals surface area contributed by atoms with E-state index in [0.717, 1.165) is 19.3 Å². The van der Waals surface area contributed by atoms with Gasteiger partial charge in [-0.25, -0.2) is 0 Å². The summed E-state index contributed by atoms with van der Waals surface area (Å²) in [5, 5.41) is 0. The molecule has 0 aliphatic heterocycles. The van der Waals surface area contributed by atoms with Gasteiger partial charge >= 0.3 is 0 Å². The van der Waals surface area contributed by atoms with E-state index < -0.39 is 0 Å². The Morgan fingerprint density at radius 1 is 1.05 bits per heavy atom. The van der Waals surface area contributed by atoms with Crippen molar-refractivity contribution in [3.63, 3.8) is 0 Å². The molecule has 0 spiro atoms. The van der Waals surface area contributed by atoms with Crippen LogP contribution in [0, 0.1) is 0 Å². The van der Waals surface area contributed by atoms with Crippen molar-refractivity contribution < 1.29 is 0 Å². The molecule has 0 fully saturated rings. The van der Waals surface area contributed by atoms with Gasteiger partial charge in [0.15, 0.2) is 0 Å². The second kappa shape index (κ2) is 13.4. The summed E-state index contributed by atoms with van der Waals surface area (Å²) in [7, 11) is 0. The Balaban J connectivity index is 3.63. The number of hydrogen-bond donors (Lipinski definition) is 0. The average Bonchev–Trinajstić information content (AvgIpc) is 2.42. The minimum Gasteiger partial charge on any atom is -0.103 e. The van der Waals surface area contributed by atoms with Gasteiger partial charge in [0.2, 0.25) is 0 Å². The van der Waals surface area contributed by atoms with Crippen molar-refractivity contribution in [2.24, 2.45) is 0 Å². The molecule has 0 radical (unpaired) electrons. The van der Waals surface area contributed by atoms with Gasteiger partial charge in [0.05, 0.1) is 0 Å². The quantitative estimate of drug-likeness (QED) is 0.284. The van der Waals surface area contributed by atoms with Crippen LogP contribution in [-0.4, -0.2) is 0 Å². The predicted molar refractivity (Wildman–Crippen MR) is 89.5 cm³/mol. The topological polar surface area (TPSA) is 0 Å². The molecule has 0 aromatic rings. The summed E-state index contributed by atoms with van der Waals surface area (Å²) >= 11 is 0. The SMILES string of the molecule is C=CCC(=CC)CCCCC/C(C)=C/C/C=C/CC. The van der Waals surface area contributed by atoms with Crippen LogP contribution in [0.5, 0.6) is 0 Å². The number of rotatable bonds is 11. The summed E-state index contributed by atoms with van der Waals surface area (Å²) in [6, 6.07) is 0. The molecule has 0 aliphatic rings. The van der Waals surface area contributed by atoms with Crippen LogP contribution in [0.1, 0.15) is 72.1 Å². The first-order chi connectivity index (χ1) is 9.24. The van der Waals surface area contributed by atoms with Gasteiger partial charge in [-0.2, -0.15) is 0 Å². The van der Waals surface area contributed by atoms with Gasteiger partial charge < -0.3 is 0 Å². The summed E-state index contributed by atoms with van der Waals surface area (Å²) in [4.78, 5) is 0. The maximum absolute atomic E-state index is 3.80. The largest absolute Gasteiger partial charge is 0.103 e. The Morgan fingerprint density at radius 3 is 2.42 bits per heavy atom. The van der Waals surface area contributed by atoms with Crippen LogP contribution in [0.3, 0.4) is 0 Å². The molecule has 0 nitrogen and oxygen atoms in total. The van der Waals surface area contributed by atoms with Crippen molar-refractivity contribution in [3.8, 4) is 0 Å². The van der Waals surface area contributed by atoms with E-state index in [-0.39, 0.29) is 0 Å². The summed E-state index contributed by atoms with van der Waals surface area (Å²) in [6.07, 6.45) is 20.9. The number of unbranched alkanes of at least 4 members (excludes halogenated alkanes) is 2. The van der Waals surface area contributed by atoms with E-state index in [0.29, 0.717) is 0 Å². The van der Waals surface area contributed by atoms with Crippen LogP contribution in [0.15, 0.2) is 48.1 Å². The van der Waals surface area contributed by atoms with Crippen molar-refractivity contribution in [1.29, 1.82) is 0 Å². The normalized spacial score (nSPS) is 13.2. The maximum atomic E-state index is 3.80. The third-order valence-corrected chi connectivity index (χ3v) is 3.39. The van der Waals surface area contributed by atoms with Gasteiger partial charge in [-0.3, -0.25) is 0 Å². The highest BCUT2D eigenvalue weighted by molar-refractivity contribution is 5.05. The molecule has 0 N–H and O–H groups in total. The zero-order chi connectivity index (χ0) is 14.3. The van der Waals surface area contributed by atoms with Gasteiger partial charge in [0.25, 0.3) is 0 Å². The van der Waals surface area contributed by atoms with Crippen LogP contribution in [0.2, 0.25) is 0 Å². The third-order valence-electron chi connectivity index (χ3n) is 3.39. The fraction of sp³-hybridized carbons (Fsp3) is 0.579. The number of allylic oxidation sites excluding steroid dienone is 7. The molecule has 0 bridgehead atoms. The molecule has 0 heterocycles. The molecular weight excluding hydrogens is 228 g/mol. The Hall–Kier alpha value is -1.04. The summed E-state index contributed by atoms with van der Waals surface area (Å²) in [5.74, 6) is 0. The van der Waals surface area contributed by atoms with E-state index >= 15 is 0 Å². The van der Waals surface area contributed by atoms with Gasteiger partial charge in [0, 0.05) is 0 Å². The van der Waals surface area contributed by atoms with Gasteiger partial charge in [-0.1, -0.05) is 54.9 Å². The molecule has 0 unspecified atom stereocenters. The summed E-state index contributed by atoms with van der Waals surface area (Å²) < 4.78 is 0. The van der Waals surface area contributed by atoms with Crippen molar-refractivity contribution in [2.45, 2.75) is 72.1 Å². The van der Waals surface area contributed by atoms with E-state index in [1.54, 1.807) is 0 Å². The molecule has 108 valence electrons. The standard InChI is InChI=1S/C19H32/c1-5-8-9-11-15-18(4)16-12-10-13-17-19(7-3)14-6-2/h6-9,15H,2,5,10-14,16-17H2,1,3-4H3/b9-8+,18-15+,19-7?. The zero-order valence-electron chi connectivity index (χ0n) is 13.3. The van der Waals surface area contributed by atoms with Crippen molar-refractivity contribution >= 4 is 0 Å². The Morgan fingerprint density at radius 2 is 1.79 bits per heavy atom. The third kappa shape index (κ3) is 11.8. The molecule has 19 heavy (non-hydrogen) atoms. The first kappa shape index (κ1) is 18.0. The smallest absolute Gasteiger partial charge is 0.0142 e. The lowest BCUT2D eigenvalue weighted by atomic mass is 10.0. The van der Waals surface area contributed by atoms with Gasteiger partial charge in [-0.05, 0) is 58.8 Å². The van der Waals surface area contributed by atoms with Crippen LogP contribution in [-0.2, 0) is 0 Å². The minimum absolute atomic E-state index is 1.05. The van der Waals surface area contributed by atoms with E-state index in [1.807, 2.05) is 6.08 Å². The lowest BCUT2D eigenvalue weighted by Gasteiger charge is -2.05. The van der Waals surface area contributed by atoms with E-state index in [4.69, 9.17) is 0 Å². The molecule has 0 rings (SSSR count). The van der Waals surface area contributed by atoms with Crippen molar-refractivity contribution in [2.75, 3.05) is 0 Å². The monoisotopic (exact) mass is 260 g/mol. The van der Waals surface area contributed by atoms with Crippen molar-refractivity contribution in [1.82, 2.24) is 0 Å². The molecule has 0 saturated heterocycles. The van der Waals surface area contributed by atoms with E-state index in [9.17, 15) is 0 Å². The molecular formula is C19H32. The summed E-state index contributed by atoms with van der Waals surface area (Å²) in [6.45, 7) is 10.4. The average molecular weight is 260 g/mol. The van der Waals surface area contributed by atoms with Gasteiger partial charge in [0.1, 0.15) is 0 Å². The second-order valence-corrected chi connectivity index (χ2v) is 5.17. The zero-order valence-corrected chi connectivity index (χ0v) is 13.3. The Labute approximate surface area is 121 Å². The van der Waals surface area contributed by atoms with Crippen LogP contribution < -0.4 is 0 Å². The maximum Gasteiger partial charge on any atom is -0.0142 e. The Bertz CT molecular complexity index is 302. The van der Waals surface area contributed by atoms with Crippen molar-refractivity contribution in [3.05, 3.63) is 48.1 Å². The molecule has 0 saturated carbocycles. The summed E-state index contributed by atoms with van der Waals surface area (Å²) in [5.41, 5.74) is 3.07. The lowest BCUT2D eigenvalue weighted by molar-refractivity contribution is 0.667. The molecule has 0 aliphatic carbocycles. The fourth-order valence-corrected chi connectivity index (χ4v) is 2.12. The molecule has 0 aromatic carbocycles. The number of hydrogen-bond acceptors (Lipinski definition) is 0. The first-order valence-electron chi connectivity index (χ1n) is 7.80. The highest BCUT2D eigenvalue weighted by Gasteiger charge is 1.95. The molecule has 0 heteroatoms. The van der Waals surface area contributed by atoms with Crippen LogP contribution in [0.25, 0.3) is 0 Å². The highest BCUT2D eigenvalue weighted by atomic mass is 14.0. The predicted octanol–water partition coefficient (Wildman–Crippen LogP) is 6.76. The first-order valence-corrected chi connectivity index (χ1v) is 7.80. The Kier molecular flexibility index (Phi) is 12.7.